The van der Waals surface area contributed by atoms with Gasteiger partial charge in [-0.3, -0.25) is 0 Å². The lowest BCUT2D eigenvalue weighted by atomic mass is 9.94. The van der Waals surface area contributed by atoms with Gasteiger partial charge in [0.15, 0.2) is 0 Å². The number of nitrogens with one attached hydrogen (secondary N) is 1. The van der Waals surface area contributed by atoms with Gasteiger partial charge in [-0.25, -0.2) is 4.39 Å². The second kappa shape index (κ2) is 5.75. The Morgan fingerprint density at radius 3 is 2.75 bits per heavy atom. The van der Waals surface area contributed by atoms with E-state index in [0.717, 1.165) is 11.0 Å². The maximum Gasteiger partial charge on any atom is 0.127 e. The van der Waals surface area contributed by atoms with Gasteiger partial charge in [0.25, 0.3) is 0 Å². The summed E-state index contributed by atoms with van der Waals surface area (Å²) in [6, 6.07) is 4.95. The van der Waals surface area contributed by atoms with Crippen molar-refractivity contribution in [3.63, 3.8) is 0 Å². The predicted molar refractivity (Wildman–Crippen MR) is 68.6 cm³/mol. The molecule has 0 unspecified atom stereocenters. The fourth-order valence-corrected chi connectivity index (χ4v) is 1.70. The summed E-state index contributed by atoms with van der Waals surface area (Å²) in [4.78, 5) is 0. The standard InChI is InChI=1S/C12H18BrFN2/c1-12(2,7-15)8-16-6-9-5-10(13)3-4-11(9)14/h3-5,16H,6-8,15H2,1-2H3. The average molecular weight is 289 g/mol. The van der Waals surface area contributed by atoms with Crippen molar-refractivity contribution in [1.82, 2.24) is 5.32 Å². The number of nitrogens with two attached hydrogens (primary N) is 1. The summed E-state index contributed by atoms with van der Waals surface area (Å²) >= 11 is 3.33. The highest BCUT2D eigenvalue weighted by Gasteiger charge is 2.14. The van der Waals surface area contributed by atoms with Crippen LogP contribution in [0.2, 0.25) is 0 Å². The Labute approximate surface area is 105 Å². The van der Waals surface area contributed by atoms with E-state index in [1.807, 2.05) is 0 Å². The van der Waals surface area contributed by atoms with Crippen molar-refractivity contribution < 1.29 is 4.39 Å². The molecule has 1 aromatic rings. The van der Waals surface area contributed by atoms with E-state index in [2.05, 4.69) is 35.1 Å². The zero-order chi connectivity index (χ0) is 12.2. The molecule has 0 aromatic heterocycles. The number of hydrogen-bond acceptors (Lipinski definition) is 2. The first kappa shape index (κ1) is 13.6. The topological polar surface area (TPSA) is 38.0 Å². The lowest BCUT2D eigenvalue weighted by Gasteiger charge is -2.22. The largest absolute Gasteiger partial charge is 0.330 e. The van der Waals surface area contributed by atoms with Crippen LogP contribution in [-0.4, -0.2) is 13.1 Å². The van der Waals surface area contributed by atoms with Gasteiger partial charge in [0.2, 0.25) is 0 Å². The van der Waals surface area contributed by atoms with Crippen molar-refractivity contribution >= 4 is 15.9 Å². The summed E-state index contributed by atoms with van der Waals surface area (Å²) in [5.41, 5.74) is 6.33. The van der Waals surface area contributed by atoms with Crippen molar-refractivity contribution in [2.24, 2.45) is 11.1 Å². The van der Waals surface area contributed by atoms with Crippen molar-refractivity contribution in [2.45, 2.75) is 20.4 Å². The third-order valence-electron chi connectivity index (χ3n) is 2.48. The first-order valence-electron chi connectivity index (χ1n) is 5.29. The van der Waals surface area contributed by atoms with E-state index >= 15 is 0 Å². The van der Waals surface area contributed by atoms with E-state index in [1.165, 1.54) is 6.07 Å². The average Bonchev–Trinajstić information content (AvgIpc) is 2.23. The molecule has 0 atom stereocenters. The molecule has 90 valence electrons. The fourth-order valence-electron chi connectivity index (χ4n) is 1.29. The fraction of sp³-hybridized carbons (Fsp3) is 0.500. The molecule has 3 N–H and O–H groups in total. The molecule has 16 heavy (non-hydrogen) atoms. The SMILES string of the molecule is CC(C)(CN)CNCc1cc(Br)ccc1F. The zero-order valence-electron chi connectivity index (χ0n) is 9.69. The monoisotopic (exact) mass is 288 g/mol. The maximum atomic E-state index is 13.4. The lowest BCUT2D eigenvalue weighted by Crippen LogP contribution is -2.35. The highest BCUT2D eigenvalue weighted by atomic mass is 79.9. The van der Waals surface area contributed by atoms with Gasteiger partial charge in [0, 0.05) is 23.1 Å². The van der Waals surface area contributed by atoms with E-state index < -0.39 is 0 Å². The molecule has 0 aliphatic carbocycles. The van der Waals surface area contributed by atoms with E-state index in [4.69, 9.17) is 5.73 Å². The van der Waals surface area contributed by atoms with Crippen molar-refractivity contribution in [3.05, 3.63) is 34.1 Å². The van der Waals surface area contributed by atoms with Crippen LogP contribution in [0, 0.1) is 11.2 Å². The van der Waals surface area contributed by atoms with Crippen molar-refractivity contribution in [3.8, 4) is 0 Å². The molecule has 4 heteroatoms. The molecule has 0 aliphatic rings. The Balaban J connectivity index is 2.52. The summed E-state index contributed by atoms with van der Waals surface area (Å²) in [6.07, 6.45) is 0. The quantitative estimate of drug-likeness (QED) is 0.874. The predicted octanol–water partition coefficient (Wildman–Crippen LogP) is 2.66. The second-order valence-corrected chi connectivity index (χ2v) is 5.62. The second-order valence-electron chi connectivity index (χ2n) is 4.71. The van der Waals surface area contributed by atoms with E-state index in [1.54, 1.807) is 12.1 Å². The van der Waals surface area contributed by atoms with Crippen LogP contribution < -0.4 is 11.1 Å². The number of rotatable bonds is 5. The first-order valence-corrected chi connectivity index (χ1v) is 6.09. The molecule has 0 aliphatic heterocycles. The molecule has 2 nitrogen and oxygen atoms in total. The molecule has 0 heterocycles. The smallest absolute Gasteiger partial charge is 0.127 e. The van der Waals surface area contributed by atoms with Gasteiger partial charge in [-0.15, -0.1) is 0 Å². The zero-order valence-corrected chi connectivity index (χ0v) is 11.3. The molecular weight excluding hydrogens is 271 g/mol. The summed E-state index contributed by atoms with van der Waals surface area (Å²) in [5.74, 6) is -0.179. The van der Waals surface area contributed by atoms with E-state index in [9.17, 15) is 4.39 Å². The summed E-state index contributed by atoms with van der Waals surface area (Å²) in [6.45, 7) is 6.07. The molecule has 0 saturated heterocycles. The molecule has 0 radical (unpaired) electrons. The van der Waals surface area contributed by atoms with E-state index in [0.29, 0.717) is 18.7 Å². The summed E-state index contributed by atoms with van der Waals surface area (Å²) in [5, 5.41) is 3.22. The number of benzene rings is 1. The summed E-state index contributed by atoms with van der Waals surface area (Å²) in [7, 11) is 0. The number of hydrogen-bond donors (Lipinski definition) is 2. The Bertz CT molecular complexity index is 353. The third-order valence-corrected chi connectivity index (χ3v) is 2.97. The Hall–Kier alpha value is -0.450. The van der Waals surface area contributed by atoms with Crippen LogP contribution in [0.25, 0.3) is 0 Å². The van der Waals surface area contributed by atoms with Gasteiger partial charge in [-0.05, 0) is 30.2 Å². The normalized spacial score (nSPS) is 11.8. The Morgan fingerprint density at radius 1 is 1.44 bits per heavy atom. The number of halogens is 2. The van der Waals surface area contributed by atoms with Gasteiger partial charge in [-0.2, -0.15) is 0 Å². The van der Waals surface area contributed by atoms with Crippen LogP contribution in [0.5, 0.6) is 0 Å². The van der Waals surface area contributed by atoms with Gasteiger partial charge in [0.1, 0.15) is 5.82 Å². The first-order chi connectivity index (χ1) is 7.44. The Kier molecular flexibility index (Phi) is 4.89. The van der Waals surface area contributed by atoms with Crippen LogP contribution in [0.15, 0.2) is 22.7 Å². The van der Waals surface area contributed by atoms with Crippen LogP contribution >= 0.6 is 15.9 Å². The lowest BCUT2D eigenvalue weighted by molar-refractivity contribution is 0.350. The van der Waals surface area contributed by atoms with Gasteiger partial charge >= 0.3 is 0 Å². The molecule has 0 amide bonds. The molecule has 0 bridgehead atoms. The van der Waals surface area contributed by atoms with Gasteiger partial charge < -0.3 is 11.1 Å². The van der Waals surface area contributed by atoms with Crippen LogP contribution in [0.4, 0.5) is 4.39 Å². The van der Waals surface area contributed by atoms with Crippen molar-refractivity contribution in [2.75, 3.05) is 13.1 Å². The highest BCUT2D eigenvalue weighted by molar-refractivity contribution is 9.10. The Morgan fingerprint density at radius 2 is 2.12 bits per heavy atom. The molecule has 0 spiro atoms. The van der Waals surface area contributed by atoms with Gasteiger partial charge in [-0.1, -0.05) is 29.8 Å². The minimum Gasteiger partial charge on any atom is -0.330 e. The van der Waals surface area contributed by atoms with E-state index in [-0.39, 0.29) is 11.2 Å². The minimum atomic E-state index is -0.179. The minimum absolute atomic E-state index is 0.0441. The van der Waals surface area contributed by atoms with Gasteiger partial charge in [0.05, 0.1) is 0 Å². The molecule has 1 aromatic carbocycles. The third kappa shape index (κ3) is 4.20. The molecule has 0 fully saturated rings. The molecular formula is C12H18BrFN2. The van der Waals surface area contributed by atoms with Crippen molar-refractivity contribution in [1.29, 1.82) is 0 Å². The van der Waals surface area contributed by atoms with Crippen LogP contribution in [-0.2, 0) is 6.54 Å². The molecule has 0 saturated carbocycles. The van der Waals surface area contributed by atoms with Crippen LogP contribution in [0.3, 0.4) is 0 Å². The highest BCUT2D eigenvalue weighted by Crippen LogP contribution is 2.16. The molecule has 1 rings (SSSR count). The van der Waals surface area contributed by atoms with Crippen LogP contribution in [0.1, 0.15) is 19.4 Å². The maximum absolute atomic E-state index is 13.4. The summed E-state index contributed by atoms with van der Waals surface area (Å²) < 4.78 is 14.3.